The summed E-state index contributed by atoms with van der Waals surface area (Å²) in [6, 6.07) is 7.58. The number of nitrogens with two attached hydrogens (primary N) is 1. The maximum absolute atomic E-state index is 5.72. The van der Waals surface area contributed by atoms with Gasteiger partial charge in [-0.15, -0.1) is 0 Å². The molecule has 1 aromatic rings. The maximum atomic E-state index is 5.72. The highest BCUT2D eigenvalue weighted by atomic mass is 16.5. The highest BCUT2D eigenvalue weighted by Gasteiger charge is 2.21. The van der Waals surface area contributed by atoms with Gasteiger partial charge in [-0.2, -0.15) is 0 Å². The van der Waals surface area contributed by atoms with Crippen LogP contribution in [0.4, 0.5) is 5.69 Å². The van der Waals surface area contributed by atoms with E-state index < -0.39 is 0 Å². The third kappa shape index (κ3) is 4.73. The molecule has 0 saturated carbocycles. The lowest BCUT2D eigenvalue weighted by Gasteiger charge is -2.35. The van der Waals surface area contributed by atoms with E-state index in [-0.39, 0.29) is 0 Å². The largest absolute Gasteiger partial charge is 0.493 e. The molecule has 1 heterocycles. The van der Waals surface area contributed by atoms with Gasteiger partial charge in [-0.3, -0.25) is 4.90 Å². The van der Waals surface area contributed by atoms with Crippen LogP contribution in [0, 0.1) is 0 Å². The number of rotatable bonds is 5. The minimum Gasteiger partial charge on any atom is -0.493 e. The first-order valence-corrected chi connectivity index (χ1v) is 6.99. The van der Waals surface area contributed by atoms with Crippen LogP contribution in [0.15, 0.2) is 24.3 Å². The van der Waals surface area contributed by atoms with E-state index in [1.807, 2.05) is 24.3 Å². The van der Waals surface area contributed by atoms with E-state index in [0.717, 1.165) is 44.1 Å². The van der Waals surface area contributed by atoms with Crippen LogP contribution >= 0.6 is 0 Å². The maximum Gasteiger partial charge on any atom is 0.121 e. The molecule has 1 aliphatic heterocycles. The van der Waals surface area contributed by atoms with Gasteiger partial charge >= 0.3 is 0 Å². The molecular formula is C15H24N2O2. The van der Waals surface area contributed by atoms with E-state index in [2.05, 4.69) is 18.7 Å². The molecule has 1 aliphatic rings. The molecule has 0 amide bonds. The van der Waals surface area contributed by atoms with Gasteiger partial charge in [0.2, 0.25) is 0 Å². The Morgan fingerprint density at radius 2 is 2.05 bits per heavy atom. The number of nitrogens with zero attached hydrogens (tertiary/aromatic N) is 1. The van der Waals surface area contributed by atoms with Gasteiger partial charge in [0.05, 0.1) is 18.8 Å². The molecule has 2 rings (SSSR count). The van der Waals surface area contributed by atoms with Gasteiger partial charge in [-0.25, -0.2) is 0 Å². The topological polar surface area (TPSA) is 47.7 Å². The zero-order chi connectivity index (χ0) is 13.7. The fourth-order valence-corrected chi connectivity index (χ4v) is 2.55. The molecule has 1 saturated heterocycles. The summed E-state index contributed by atoms with van der Waals surface area (Å²) in [6.45, 7) is 8.08. The second kappa shape index (κ2) is 6.78. The summed E-state index contributed by atoms with van der Waals surface area (Å²) >= 11 is 0. The average molecular weight is 264 g/mol. The predicted octanol–water partition coefficient (Wildman–Crippen LogP) is 2.15. The minimum atomic E-state index is 0.332. The molecule has 0 aliphatic carbocycles. The zero-order valence-electron chi connectivity index (χ0n) is 11.8. The van der Waals surface area contributed by atoms with E-state index in [9.17, 15) is 0 Å². The molecule has 0 bridgehead atoms. The Hall–Kier alpha value is -1.26. The molecule has 19 heavy (non-hydrogen) atoms. The Labute approximate surface area is 115 Å². The van der Waals surface area contributed by atoms with Crippen molar-refractivity contribution in [3.8, 4) is 5.75 Å². The van der Waals surface area contributed by atoms with Gasteiger partial charge in [0, 0.05) is 31.4 Å². The molecule has 106 valence electrons. The van der Waals surface area contributed by atoms with Crippen molar-refractivity contribution in [2.75, 3.05) is 32.0 Å². The molecule has 1 fully saturated rings. The van der Waals surface area contributed by atoms with Crippen molar-refractivity contribution in [2.24, 2.45) is 0 Å². The number of benzene rings is 1. The summed E-state index contributed by atoms with van der Waals surface area (Å²) in [5.74, 6) is 0.851. The summed E-state index contributed by atoms with van der Waals surface area (Å²) < 4.78 is 11.4. The summed E-state index contributed by atoms with van der Waals surface area (Å²) in [6.07, 6.45) is 1.69. The van der Waals surface area contributed by atoms with Crippen molar-refractivity contribution < 1.29 is 9.47 Å². The number of nitrogen functional groups attached to an aromatic ring is 1. The molecular weight excluding hydrogens is 240 g/mol. The second-order valence-electron chi connectivity index (χ2n) is 5.29. The van der Waals surface area contributed by atoms with Crippen molar-refractivity contribution in [3.05, 3.63) is 24.3 Å². The monoisotopic (exact) mass is 264 g/mol. The molecule has 0 spiro atoms. The quantitative estimate of drug-likeness (QED) is 0.654. The lowest BCUT2D eigenvalue weighted by molar-refractivity contribution is -0.0686. The molecule has 1 aromatic carbocycles. The lowest BCUT2D eigenvalue weighted by Crippen LogP contribution is -2.45. The van der Waals surface area contributed by atoms with Crippen LogP contribution in [0.3, 0.4) is 0 Å². The minimum absolute atomic E-state index is 0.332. The second-order valence-corrected chi connectivity index (χ2v) is 5.29. The summed E-state index contributed by atoms with van der Waals surface area (Å²) in [5.41, 5.74) is 6.45. The fraction of sp³-hybridized carbons (Fsp3) is 0.600. The van der Waals surface area contributed by atoms with Gasteiger partial charge < -0.3 is 15.2 Å². The Bertz CT molecular complexity index is 387. The first kappa shape index (κ1) is 14.2. The lowest BCUT2D eigenvalue weighted by atomic mass is 10.2. The van der Waals surface area contributed by atoms with Gasteiger partial charge in [0.1, 0.15) is 5.75 Å². The number of hydrogen-bond acceptors (Lipinski definition) is 4. The van der Waals surface area contributed by atoms with Crippen LogP contribution in [0.2, 0.25) is 0 Å². The number of anilines is 1. The van der Waals surface area contributed by atoms with Crippen molar-refractivity contribution in [2.45, 2.75) is 32.5 Å². The SMILES string of the molecule is C[C@@H]1CN(CCCOc2cccc(N)c2)C[C@H](C)O1. The standard InChI is InChI=1S/C15H24N2O2/c1-12-10-17(11-13(2)19-12)7-4-8-18-15-6-3-5-14(16)9-15/h3,5-6,9,12-13H,4,7-8,10-11,16H2,1-2H3/t12-,13+. The van der Waals surface area contributed by atoms with Crippen LogP contribution in [-0.4, -0.2) is 43.3 Å². The average Bonchev–Trinajstić information content (AvgIpc) is 2.34. The van der Waals surface area contributed by atoms with E-state index in [1.165, 1.54) is 0 Å². The first-order chi connectivity index (χ1) is 9.13. The predicted molar refractivity (Wildman–Crippen MR) is 77.4 cm³/mol. The van der Waals surface area contributed by atoms with Crippen LogP contribution in [-0.2, 0) is 4.74 Å². The Morgan fingerprint density at radius 1 is 1.32 bits per heavy atom. The molecule has 0 unspecified atom stereocenters. The Morgan fingerprint density at radius 3 is 2.74 bits per heavy atom. The molecule has 4 heteroatoms. The summed E-state index contributed by atoms with van der Waals surface area (Å²) in [7, 11) is 0. The van der Waals surface area contributed by atoms with E-state index in [4.69, 9.17) is 15.2 Å². The highest BCUT2D eigenvalue weighted by molar-refractivity contribution is 5.43. The normalized spacial score (nSPS) is 24.3. The van der Waals surface area contributed by atoms with E-state index in [0.29, 0.717) is 12.2 Å². The Balaban J connectivity index is 1.66. The smallest absolute Gasteiger partial charge is 0.121 e. The van der Waals surface area contributed by atoms with Crippen LogP contribution < -0.4 is 10.5 Å². The van der Waals surface area contributed by atoms with Crippen LogP contribution in [0.25, 0.3) is 0 Å². The van der Waals surface area contributed by atoms with E-state index >= 15 is 0 Å². The molecule has 2 N–H and O–H groups in total. The van der Waals surface area contributed by atoms with Crippen LogP contribution in [0.1, 0.15) is 20.3 Å². The van der Waals surface area contributed by atoms with Gasteiger partial charge in [0.25, 0.3) is 0 Å². The third-order valence-corrected chi connectivity index (χ3v) is 3.24. The van der Waals surface area contributed by atoms with Crippen molar-refractivity contribution in [1.29, 1.82) is 0 Å². The number of ether oxygens (including phenoxy) is 2. The zero-order valence-corrected chi connectivity index (χ0v) is 11.8. The molecule has 0 radical (unpaired) electrons. The molecule has 2 atom stereocenters. The van der Waals surface area contributed by atoms with Crippen molar-refractivity contribution in [3.63, 3.8) is 0 Å². The van der Waals surface area contributed by atoms with Gasteiger partial charge in [-0.1, -0.05) is 6.07 Å². The van der Waals surface area contributed by atoms with Crippen LogP contribution in [0.5, 0.6) is 5.75 Å². The number of hydrogen-bond donors (Lipinski definition) is 1. The summed E-state index contributed by atoms with van der Waals surface area (Å²) in [4.78, 5) is 2.45. The number of morpholine rings is 1. The van der Waals surface area contributed by atoms with Gasteiger partial charge in [-0.05, 0) is 32.4 Å². The summed E-state index contributed by atoms with van der Waals surface area (Å²) in [5, 5.41) is 0. The Kier molecular flexibility index (Phi) is 5.05. The van der Waals surface area contributed by atoms with Gasteiger partial charge in [0.15, 0.2) is 0 Å². The first-order valence-electron chi connectivity index (χ1n) is 6.99. The third-order valence-electron chi connectivity index (χ3n) is 3.24. The molecule has 0 aromatic heterocycles. The van der Waals surface area contributed by atoms with E-state index in [1.54, 1.807) is 0 Å². The fourth-order valence-electron chi connectivity index (χ4n) is 2.55. The van der Waals surface area contributed by atoms with Crippen molar-refractivity contribution >= 4 is 5.69 Å². The highest BCUT2D eigenvalue weighted by Crippen LogP contribution is 2.15. The van der Waals surface area contributed by atoms with Crippen molar-refractivity contribution in [1.82, 2.24) is 4.90 Å². The molecule has 4 nitrogen and oxygen atoms in total.